The van der Waals surface area contributed by atoms with Crippen molar-refractivity contribution in [3.05, 3.63) is 29.8 Å². The highest BCUT2D eigenvalue weighted by Crippen LogP contribution is 2.40. The lowest BCUT2D eigenvalue weighted by Gasteiger charge is -2.48. The van der Waals surface area contributed by atoms with Gasteiger partial charge in [0.2, 0.25) is 11.8 Å². The highest BCUT2D eigenvalue weighted by atomic mass is 16.5. The fraction of sp³-hybridized carbons (Fsp3) is 0.667. The summed E-state index contributed by atoms with van der Waals surface area (Å²) in [5.41, 5.74) is 0.941. The fourth-order valence-electron chi connectivity index (χ4n) is 6.02. The lowest BCUT2D eigenvalue weighted by molar-refractivity contribution is -0.143. The molecular weight excluding hydrogens is 380 g/mol. The molecule has 4 aliphatic heterocycles. The molecule has 6 nitrogen and oxygen atoms in total. The third-order valence-electron chi connectivity index (χ3n) is 7.64. The highest BCUT2D eigenvalue weighted by Gasteiger charge is 2.50. The number of benzene rings is 1. The molecule has 4 heterocycles. The molecule has 1 N–H and O–H groups in total. The van der Waals surface area contributed by atoms with E-state index < -0.39 is 0 Å². The molecule has 5 aliphatic rings. The first kappa shape index (κ1) is 19.9. The second kappa shape index (κ2) is 8.22. The molecule has 162 valence electrons. The molecule has 30 heavy (non-hydrogen) atoms. The summed E-state index contributed by atoms with van der Waals surface area (Å²) < 4.78 is 12.5. The smallest absolute Gasteiger partial charge is 0.226 e. The number of rotatable bonds is 0. The van der Waals surface area contributed by atoms with Gasteiger partial charge in [0.25, 0.3) is 0 Å². The summed E-state index contributed by atoms with van der Waals surface area (Å²) in [6.45, 7) is 1.63. The Hall–Kier alpha value is -2.08. The van der Waals surface area contributed by atoms with Gasteiger partial charge in [-0.15, -0.1) is 0 Å². The Morgan fingerprint density at radius 1 is 1.03 bits per heavy atom. The van der Waals surface area contributed by atoms with Gasteiger partial charge in [0.1, 0.15) is 5.75 Å². The van der Waals surface area contributed by atoms with E-state index in [9.17, 15) is 9.59 Å². The standard InChI is InChI=1S/C24H32N2O4/c27-22-10-13-24(25-22)12-3-14-26-21(24)16-30-18-8-6-17(7-9-18)19-4-1-2-5-20(19)29-15-11-23(26)28/h1-2,4-5,17-18,21H,3,6-16H2,(H,25,27). The van der Waals surface area contributed by atoms with Crippen molar-refractivity contribution in [3.8, 4) is 5.75 Å². The van der Waals surface area contributed by atoms with E-state index in [2.05, 4.69) is 17.4 Å². The molecule has 3 fully saturated rings. The third kappa shape index (κ3) is 3.70. The van der Waals surface area contributed by atoms with Gasteiger partial charge in [0.05, 0.1) is 37.3 Å². The number of nitrogens with one attached hydrogen (secondary N) is 1. The Balaban J connectivity index is 1.41. The quantitative estimate of drug-likeness (QED) is 0.711. The number of hydrogen-bond donors (Lipinski definition) is 1. The third-order valence-corrected chi connectivity index (χ3v) is 7.64. The molecule has 2 atom stereocenters. The SMILES string of the molecule is O=C1CCC2(CCCN3C(=O)CCOc4ccccc4C4CCC(CC4)OCC32)N1. The van der Waals surface area contributed by atoms with Crippen LogP contribution in [0.2, 0.25) is 0 Å². The molecule has 1 aliphatic carbocycles. The maximum atomic E-state index is 13.2. The van der Waals surface area contributed by atoms with E-state index in [1.165, 1.54) is 5.56 Å². The Morgan fingerprint density at radius 2 is 1.87 bits per heavy atom. The predicted octanol–water partition coefficient (Wildman–Crippen LogP) is 3.15. The molecule has 1 spiro atoms. The van der Waals surface area contributed by atoms with Crippen LogP contribution < -0.4 is 10.1 Å². The van der Waals surface area contributed by atoms with Crippen molar-refractivity contribution in [2.24, 2.45) is 0 Å². The first-order valence-corrected chi connectivity index (χ1v) is 11.6. The Bertz CT molecular complexity index is 804. The number of nitrogens with zero attached hydrogens (tertiary/aromatic N) is 1. The average molecular weight is 413 g/mol. The maximum Gasteiger partial charge on any atom is 0.226 e. The molecule has 2 unspecified atom stereocenters. The number of fused-ring (bicyclic) bond motifs is 6. The van der Waals surface area contributed by atoms with Crippen LogP contribution in [0.5, 0.6) is 5.75 Å². The monoisotopic (exact) mass is 412 g/mol. The molecule has 0 aromatic heterocycles. The number of piperidine rings is 1. The molecule has 0 radical (unpaired) electrons. The minimum Gasteiger partial charge on any atom is -0.493 e. The second-order valence-corrected chi connectivity index (χ2v) is 9.35. The minimum absolute atomic E-state index is 0.0850. The largest absolute Gasteiger partial charge is 0.493 e. The van der Waals surface area contributed by atoms with E-state index in [0.29, 0.717) is 32.0 Å². The van der Waals surface area contributed by atoms with Crippen LogP contribution in [0, 0.1) is 0 Å². The molecule has 2 bridgehead atoms. The van der Waals surface area contributed by atoms with Gasteiger partial charge in [-0.3, -0.25) is 9.59 Å². The summed E-state index contributed by atoms with van der Waals surface area (Å²) in [6.07, 6.45) is 8.00. The van der Waals surface area contributed by atoms with E-state index in [-0.39, 0.29) is 29.5 Å². The number of amides is 2. The zero-order valence-corrected chi connectivity index (χ0v) is 17.6. The molecule has 2 saturated heterocycles. The van der Waals surface area contributed by atoms with Gasteiger partial charge in [-0.1, -0.05) is 18.2 Å². The van der Waals surface area contributed by atoms with Crippen molar-refractivity contribution < 1.29 is 19.1 Å². The number of carbonyl (C=O) groups is 2. The van der Waals surface area contributed by atoms with Crippen LogP contribution in [-0.4, -0.2) is 54.2 Å². The van der Waals surface area contributed by atoms with Crippen molar-refractivity contribution >= 4 is 11.8 Å². The topological polar surface area (TPSA) is 67.9 Å². The Kier molecular flexibility index (Phi) is 5.44. The van der Waals surface area contributed by atoms with Crippen molar-refractivity contribution in [1.29, 1.82) is 0 Å². The summed E-state index contributed by atoms with van der Waals surface area (Å²) >= 11 is 0. The lowest BCUT2D eigenvalue weighted by Crippen LogP contribution is -2.65. The minimum atomic E-state index is -0.327. The number of hydrogen-bond acceptors (Lipinski definition) is 4. The summed E-state index contributed by atoms with van der Waals surface area (Å²) in [7, 11) is 0. The van der Waals surface area contributed by atoms with E-state index in [4.69, 9.17) is 9.47 Å². The van der Waals surface area contributed by atoms with Crippen LogP contribution in [0.15, 0.2) is 24.3 Å². The van der Waals surface area contributed by atoms with Crippen LogP contribution in [0.25, 0.3) is 0 Å². The van der Waals surface area contributed by atoms with E-state index in [1.54, 1.807) is 0 Å². The summed E-state index contributed by atoms with van der Waals surface area (Å²) in [4.78, 5) is 27.3. The molecule has 6 heteroatoms. The van der Waals surface area contributed by atoms with E-state index in [0.717, 1.165) is 57.2 Å². The Labute approximate surface area is 178 Å². The van der Waals surface area contributed by atoms with Crippen LogP contribution in [0.1, 0.15) is 69.3 Å². The molecule has 1 aromatic carbocycles. The predicted molar refractivity (Wildman–Crippen MR) is 112 cm³/mol. The van der Waals surface area contributed by atoms with Gasteiger partial charge in [0.15, 0.2) is 0 Å². The summed E-state index contributed by atoms with van der Waals surface area (Å²) in [5, 5.41) is 3.24. The second-order valence-electron chi connectivity index (χ2n) is 9.35. The average Bonchev–Trinajstić information content (AvgIpc) is 3.13. The number of carbonyl (C=O) groups excluding carboxylic acids is 2. The summed E-state index contributed by atoms with van der Waals surface area (Å²) in [6, 6.07) is 8.19. The molecule has 1 aromatic rings. The fourth-order valence-corrected chi connectivity index (χ4v) is 6.02. The molecule has 6 rings (SSSR count). The van der Waals surface area contributed by atoms with Gasteiger partial charge in [-0.2, -0.15) is 0 Å². The van der Waals surface area contributed by atoms with E-state index in [1.807, 2.05) is 17.0 Å². The molecule has 2 amide bonds. The van der Waals surface area contributed by atoms with E-state index >= 15 is 0 Å². The van der Waals surface area contributed by atoms with Gasteiger partial charge in [0, 0.05) is 13.0 Å². The first-order valence-electron chi connectivity index (χ1n) is 11.6. The molecular formula is C24H32N2O4. The Morgan fingerprint density at radius 3 is 2.67 bits per heavy atom. The van der Waals surface area contributed by atoms with Crippen LogP contribution in [-0.2, 0) is 14.3 Å². The van der Waals surface area contributed by atoms with Crippen LogP contribution in [0.4, 0.5) is 0 Å². The van der Waals surface area contributed by atoms with Crippen molar-refractivity contribution in [1.82, 2.24) is 10.2 Å². The van der Waals surface area contributed by atoms with Gasteiger partial charge < -0.3 is 19.7 Å². The van der Waals surface area contributed by atoms with Crippen molar-refractivity contribution in [2.75, 3.05) is 19.8 Å². The first-order chi connectivity index (χ1) is 14.6. The van der Waals surface area contributed by atoms with Crippen molar-refractivity contribution in [2.45, 2.75) is 81.4 Å². The van der Waals surface area contributed by atoms with Crippen molar-refractivity contribution in [3.63, 3.8) is 0 Å². The van der Waals surface area contributed by atoms with Gasteiger partial charge in [-0.25, -0.2) is 0 Å². The number of para-hydroxylation sites is 1. The zero-order chi connectivity index (χ0) is 20.6. The maximum absolute atomic E-state index is 13.2. The lowest BCUT2D eigenvalue weighted by atomic mass is 9.79. The van der Waals surface area contributed by atoms with Gasteiger partial charge >= 0.3 is 0 Å². The number of ether oxygens (including phenoxy) is 2. The normalized spacial score (nSPS) is 34.7. The highest BCUT2D eigenvalue weighted by molar-refractivity contribution is 5.81. The zero-order valence-electron chi connectivity index (χ0n) is 17.6. The van der Waals surface area contributed by atoms with Gasteiger partial charge in [-0.05, 0) is 62.5 Å². The van der Waals surface area contributed by atoms with Crippen LogP contribution in [0.3, 0.4) is 0 Å². The molecule has 1 saturated carbocycles. The van der Waals surface area contributed by atoms with Crippen LogP contribution >= 0.6 is 0 Å². The summed E-state index contributed by atoms with van der Waals surface area (Å²) in [5.74, 6) is 1.61.